The molecular formula is C21H18N2O5S3. The molecule has 2 aromatic carbocycles. The Balaban J connectivity index is 1.36. The van der Waals surface area contributed by atoms with Crippen LogP contribution >= 0.6 is 23.1 Å². The largest absolute Gasteiger partial charge is 0.455 e. The number of carbonyl (C=O) groups excluding carboxylic acids is 2. The molecule has 4 rings (SSSR count). The fourth-order valence-electron chi connectivity index (χ4n) is 3.03. The highest BCUT2D eigenvalue weighted by atomic mass is 32.2. The molecule has 3 aromatic rings. The van der Waals surface area contributed by atoms with E-state index in [2.05, 4.69) is 4.72 Å². The van der Waals surface area contributed by atoms with Gasteiger partial charge in [0.05, 0.1) is 17.8 Å². The number of hydrogen-bond donors (Lipinski definition) is 1. The van der Waals surface area contributed by atoms with Crippen molar-refractivity contribution >= 4 is 56.4 Å². The summed E-state index contributed by atoms with van der Waals surface area (Å²) >= 11 is 2.66. The number of nitrogens with zero attached hydrogens (tertiary/aromatic N) is 1. The van der Waals surface area contributed by atoms with Crippen molar-refractivity contribution in [2.45, 2.75) is 20.4 Å². The SMILES string of the molecule is O=C(CCNS(=O)(=O)c1cccs1)OCC(=O)N1c2ccccc2Sc2ccccc21. The molecule has 1 aliphatic heterocycles. The highest BCUT2D eigenvalue weighted by Crippen LogP contribution is 2.47. The number of thiophene rings is 1. The van der Waals surface area contributed by atoms with Gasteiger partial charge in [0, 0.05) is 16.3 Å². The highest BCUT2D eigenvalue weighted by Gasteiger charge is 2.28. The van der Waals surface area contributed by atoms with E-state index in [0.717, 1.165) is 32.5 Å². The molecule has 0 bridgehead atoms. The summed E-state index contributed by atoms with van der Waals surface area (Å²) in [6.45, 7) is -0.552. The van der Waals surface area contributed by atoms with Crippen LogP contribution in [0.25, 0.3) is 0 Å². The third-order valence-corrected chi connectivity index (χ3v) is 8.41. The first-order valence-electron chi connectivity index (χ1n) is 9.33. The normalized spacial score (nSPS) is 12.7. The van der Waals surface area contributed by atoms with Crippen molar-refractivity contribution < 1.29 is 22.7 Å². The topological polar surface area (TPSA) is 92.8 Å². The summed E-state index contributed by atoms with van der Waals surface area (Å²) in [5.41, 5.74) is 1.46. The second-order valence-electron chi connectivity index (χ2n) is 6.51. The predicted octanol–water partition coefficient (Wildman–Crippen LogP) is 3.79. The molecule has 2 heterocycles. The number of hydrogen-bond acceptors (Lipinski definition) is 7. The van der Waals surface area contributed by atoms with E-state index >= 15 is 0 Å². The first-order valence-corrected chi connectivity index (χ1v) is 12.5. The summed E-state index contributed by atoms with van der Waals surface area (Å²) in [6.07, 6.45) is -0.180. The van der Waals surface area contributed by atoms with Crippen LogP contribution < -0.4 is 9.62 Å². The molecule has 0 atom stereocenters. The summed E-state index contributed by atoms with van der Waals surface area (Å²) in [5, 5.41) is 1.66. The maximum Gasteiger partial charge on any atom is 0.307 e. The van der Waals surface area contributed by atoms with E-state index in [1.54, 1.807) is 28.1 Å². The number of carbonyl (C=O) groups is 2. The van der Waals surface area contributed by atoms with Crippen LogP contribution in [-0.2, 0) is 24.3 Å². The zero-order valence-electron chi connectivity index (χ0n) is 16.2. The molecule has 160 valence electrons. The van der Waals surface area contributed by atoms with Gasteiger partial charge in [0.15, 0.2) is 6.61 Å². The van der Waals surface area contributed by atoms with Crippen molar-refractivity contribution in [3.05, 3.63) is 66.0 Å². The molecule has 7 nitrogen and oxygen atoms in total. The summed E-state index contributed by atoms with van der Waals surface area (Å²) in [5.74, 6) is -1.04. The summed E-state index contributed by atoms with van der Waals surface area (Å²) in [4.78, 5) is 28.4. The van der Waals surface area contributed by atoms with E-state index in [-0.39, 0.29) is 23.1 Å². The Bertz CT molecular complexity index is 1160. The molecule has 1 N–H and O–H groups in total. The van der Waals surface area contributed by atoms with Crippen LogP contribution in [0.4, 0.5) is 11.4 Å². The first kappa shape index (κ1) is 21.6. The van der Waals surface area contributed by atoms with Gasteiger partial charge in [-0.1, -0.05) is 42.1 Å². The molecule has 0 unspecified atom stereocenters. The fourth-order valence-corrected chi connectivity index (χ4v) is 6.15. The minimum absolute atomic E-state index is 0.112. The number of nitrogens with one attached hydrogen (secondary N) is 1. The molecule has 1 aromatic heterocycles. The lowest BCUT2D eigenvalue weighted by Gasteiger charge is -2.30. The highest BCUT2D eigenvalue weighted by molar-refractivity contribution is 7.99. The number of rotatable bonds is 7. The zero-order valence-corrected chi connectivity index (χ0v) is 18.6. The third kappa shape index (κ3) is 4.82. The molecule has 1 aliphatic rings. The van der Waals surface area contributed by atoms with Crippen molar-refractivity contribution in [3.63, 3.8) is 0 Å². The van der Waals surface area contributed by atoms with Gasteiger partial charge in [-0.15, -0.1) is 11.3 Å². The van der Waals surface area contributed by atoms with E-state index < -0.39 is 22.6 Å². The molecular weight excluding hydrogens is 456 g/mol. The van der Waals surface area contributed by atoms with Crippen LogP contribution in [0.2, 0.25) is 0 Å². The van der Waals surface area contributed by atoms with Gasteiger partial charge in [0.25, 0.3) is 5.91 Å². The van der Waals surface area contributed by atoms with E-state index in [4.69, 9.17) is 4.74 Å². The maximum absolute atomic E-state index is 12.9. The number of anilines is 2. The minimum atomic E-state index is -3.64. The quantitative estimate of drug-likeness (QED) is 0.524. The van der Waals surface area contributed by atoms with Gasteiger partial charge in [-0.2, -0.15) is 0 Å². The molecule has 10 heteroatoms. The number of esters is 1. The Hall–Kier alpha value is -2.66. The smallest absolute Gasteiger partial charge is 0.307 e. The van der Waals surface area contributed by atoms with Crippen LogP contribution in [-0.4, -0.2) is 33.4 Å². The van der Waals surface area contributed by atoms with Crippen molar-refractivity contribution in [2.75, 3.05) is 18.1 Å². The van der Waals surface area contributed by atoms with Crippen LogP contribution in [0, 0.1) is 0 Å². The van der Waals surface area contributed by atoms with Gasteiger partial charge < -0.3 is 4.74 Å². The number of benzene rings is 2. The summed E-state index contributed by atoms with van der Waals surface area (Å²) in [7, 11) is -3.64. The monoisotopic (exact) mass is 474 g/mol. The van der Waals surface area contributed by atoms with Gasteiger partial charge >= 0.3 is 5.97 Å². The first-order chi connectivity index (χ1) is 15.0. The molecule has 1 amide bonds. The van der Waals surface area contributed by atoms with Gasteiger partial charge in [-0.05, 0) is 35.7 Å². The van der Waals surface area contributed by atoms with E-state index in [1.165, 1.54) is 6.07 Å². The standard InChI is InChI=1S/C21H18N2O5S3/c24-19(14-28-20(25)11-12-22-31(26,27)21-10-5-13-29-21)23-15-6-1-3-8-17(15)30-18-9-4-2-7-16(18)23/h1-10,13,22H,11-12,14H2. The van der Waals surface area contributed by atoms with Crippen LogP contribution in [0.1, 0.15) is 6.42 Å². The number of ether oxygens (including phenoxy) is 1. The second kappa shape index (κ2) is 9.23. The minimum Gasteiger partial charge on any atom is -0.455 e. The predicted molar refractivity (Wildman–Crippen MR) is 119 cm³/mol. The zero-order chi connectivity index (χ0) is 21.8. The molecule has 31 heavy (non-hydrogen) atoms. The van der Waals surface area contributed by atoms with Crippen LogP contribution in [0.15, 0.2) is 80.0 Å². The van der Waals surface area contributed by atoms with Gasteiger partial charge in [-0.25, -0.2) is 13.1 Å². The Morgan fingerprint density at radius 1 is 0.935 bits per heavy atom. The average Bonchev–Trinajstić information content (AvgIpc) is 3.32. The number of sulfonamides is 1. The van der Waals surface area contributed by atoms with Crippen molar-refractivity contribution in [1.82, 2.24) is 4.72 Å². The van der Waals surface area contributed by atoms with Crippen LogP contribution in [0.5, 0.6) is 0 Å². The Morgan fingerprint density at radius 3 is 2.19 bits per heavy atom. The molecule has 0 saturated carbocycles. The van der Waals surface area contributed by atoms with E-state index in [0.29, 0.717) is 0 Å². The van der Waals surface area contributed by atoms with Crippen molar-refractivity contribution in [2.24, 2.45) is 0 Å². The van der Waals surface area contributed by atoms with Crippen molar-refractivity contribution in [1.29, 1.82) is 0 Å². The summed E-state index contributed by atoms with van der Waals surface area (Å²) < 4.78 is 31.8. The fraction of sp³-hybridized carbons (Fsp3) is 0.143. The van der Waals surface area contributed by atoms with Gasteiger partial charge in [-0.3, -0.25) is 14.5 Å². The van der Waals surface area contributed by atoms with Gasteiger partial charge in [0.2, 0.25) is 10.0 Å². The number of para-hydroxylation sites is 2. The third-order valence-electron chi connectivity index (χ3n) is 4.42. The average molecular weight is 475 g/mol. The Kier molecular flexibility index (Phi) is 6.42. The van der Waals surface area contributed by atoms with Gasteiger partial charge in [0.1, 0.15) is 4.21 Å². The summed E-state index contributed by atoms with van der Waals surface area (Å²) in [6, 6.07) is 18.2. The molecule has 0 saturated heterocycles. The number of fused-ring (bicyclic) bond motifs is 2. The van der Waals surface area contributed by atoms with Crippen LogP contribution in [0.3, 0.4) is 0 Å². The molecule has 0 radical (unpaired) electrons. The number of amides is 1. The van der Waals surface area contributed by atoms with E-state index in [1.807, 2.05) is 48.5 Å². The maximum atomic E-state index is 12.9. The second-order valence-corrected chi connectivity index (χ2v) is 10.5. The molecule has 0 fully saturated rings. The Morgan fingerprint density at radius 2 is 1.58 bits per heavy atom. The lowest BCUT2D eigenvalue weighted by atomic mass is 10.2. The molecule has 0 aliphatic carbocycles. The molecule has 0 spiro atoms. The van der Waals surface area contributed by atoms with Crippen molar-refractivity contribution in [3.8, 4) is 0 Å². The Labute approximate surface area is 188 Å². The van der Waals surface area contributed by atoms with E-state index in [9.17, 15) is 18.0 Å². The lowest BCUT2D eigenvalue weighted by molar-refractivity contribution is -0.147. The lowest BCUT2D eigenvalue weighted by Crippen LogP contribution is -2.33.